The number of nitrogens with one attached hydrogen (secondary N) is 1. The van der Waals surface area contributed by atoms with Crippen molar-refractivity contribution < 1.29 is 8.81 Å². The maximum absolute atomic E-state index is 13.1. The second-order valence-corrected chi connectivity index (χ2v) is 5.53. The van der Waals surface area contributed by atoms with Crippen LogP contribution in [0.3, 0.4) is 0 Å². The minimum atomic E-state index is -0.281. The zero-order valence-corrected chi connectivity index (χ0v) is 12.7. The maximum Gasteiger partial charge on any atom is 0.248 e. The number of allylic oxidation sites excluding steroid dienone is 1. The number of fused-ring (bicyclic) bond motifs is 1. The monoisotopic (exact) mass is 361 g/mol. The molecule has 0 saturated carbocycles. The summed E-state index contributed by atoms with van der Waals surface area (Å²) in [6.07, 6.45) is 1.93. The number of furan rings is 1. The molecule has 0 spiro atoms. The van der Waals surface area contributed by atoms with Crippen molar-refractivity contribution in [1.82, 2.24) is 20.2 Å². The summed E-state index contributed by atoms with van der Waals surface area (Å²) in [6, 6.07) is 9.60. The Kier molecular flexibility index (Phi) is 3.04. The summed E-state index contributed by atoms with van der Waals surface area (Å²) < 4.78 is 21.0. The molecule has 1 N–H and O–H groups in total. The molecule has 0 amide bonds. The van der Waals surface area contributed by atoms with E-state index in [9.17, 15) is 4.39 Å². The lowest BCUT2D eigenvalue weighted by atomic mass is 10.1. The van der Waals surface area contributed by atoms with Crippen molar-refractivity contribution in [2.45, 2.75) is 6.04 Å². The van der Waals surface area contributed by atoms with E-state index in [1.54, 1.807) is 16.8 Å². The molecule has 0 aliphatic carbocycles. The number of tetrazole rings is 1. The van der Waals surface area contributed by atoms with E-state index in [-0.39, 0.29) is 11.9 Å². The van der Waals surface area contributed by atoms with Gasteiger partial charge in [0, 0.05) is 5.70 Å². The van der Waals surface area contributed by atoms with E-state index in [0.29, 0.717) is 16.4 Å². The Morgan fingerprint density at radius 3 is 2.73 bits per heavy atom. The van der Waals surface area contributed by atoms with Crippen molar-refractivity contribution in [2.24, 2.45) is 0 Å². The average Bonchev–Trinajstić information content (AvgIpc) is 3.15. The molecule has 1 aliphatic rings. The van der Waals surface area contributed by atoms with Crippen molar-refractivity contribution in [3.63, 3.8) is 0 Å². The maximum atomic E-state index is 13.1. The van der Waals surface area contributed by atoms with Gasteiger partial charge in [0.15, 0.2) is 4.67 Å². The van der Waals surface area contributed by atoms with Crippen LogP contribution in [0.1, 0.15) is 17.4 Å². The number of hydrogen-bond donors (Lipinski definition) is 1. The Morgan fingerprint density at radius 2 is 2.00 bits per heavy atom. The zero-order valence-electron chi connectivity index (χ0n) is 11.1. The molecule has 1 aliphatic heterocycles. The molecule has 22 heavy (non-hydrogen) atoms. The Hall–Kier alpha value is -2.48. The zero-order chi connectivity index (χ0) is 15.1. The van der Waals surface area contributed by atoms with Gasteiger partial charge >= 0.3 is 0 Å². The van der Waals surface area contributed by atoms with E-state index in [1.807, 2.05) is 18.2 Å². The fraction of sp³-hybridized carbons (Fsp3) is 0.0714. The molecule has 8 heteroatoms. The lowest BCUT2D eigenvalue weighted by molar-refractivity contribution is 0.430. The van der Waals surface area contributed by atoms with Crippen molar-refractivity contribution in [2.75, 3.05) is 5.32 Å². The highest BCUT2D eigenvalue weighted by molar-refractivity contribution is 9.10. The number of nitrogens with zero attached hydrogens (tertiary/aromatic N) is 4. The van der Waals surface area contributed by atoms with E-state index < -0.39 is 0 Å². The summed E-state index contributed by atoms with van der Waals surface area (Å²) in [4.78, 5) is 0. The standard InChI is InChI=1S/C14H9BrFN5O/c15-13-6-5-12(22-13)11-7-10(8-1-3-9(16)4-2-8)17-14-18-19-20-21(11)14/h1-7,11H,(H,17,18,20)/t11-/m0/s1. The lowest BCUT2D eigenvalue weighted by Gasteiger charge is -2.21. The van der Waals surface area contributed by atoms with Gasteiger partial charge in [0.25, 0.3) is 0 Å². The first kappa shape index (κ1) is 13.2. The van der Waals surface area contributed by atoms with Crippen LogP contribution in [0.5, 0.6) is 0 Å². The van der Waals surface area contributed by atoms with E-state index in [1.165, 1.54) is 12.1 Å². The van der Waals surface area contributed by atoms with Gasteiger partial charge in [0.2, 0.25) is 5.95 Å². The number of rotatable bonds is 2. The second-order valence-electron chi connectivity index (χ2n) is 4.75. The second kappa shape index (κ2) is 5.06. The first-order chi connectivity index (χ1) is 10.7. The molecule has 6 nitrogen and oxygen atoms in total. The summed E-state index contributed by atoms with van der Waals surface area (Å²) in [5.41, 5.74) is 1.63. The van der Waals surface area contributed by atoms with Crippen LogP contribution in [0.2, 0.25) is 0 Å². The van der Waals surface area contributed by atoms with Crippen molar-refractivity contribution >= 4 is 27.6 Å². The SMILES string of the molecule is Fc1ccc(C2=C[C@@H](c3ccc(Br)o3)n3nnnc3N2)cc1. The average molecular weight is 362 g/mol. The highest BCUT2D eigenvalue weighted by Gasteiger charge is 2.26. The fourth-order valence-electron chi connectivity index (χ4n) is 2.34. The Bertz CT molecular complexity index is 854. The third-order valence-corrected chi connectivity index (χ3v) is 3.79. The quantitative estimate of drug-likeness (QED) is 0.758. The smallest absolute Gasteiger partial charge is 0.248 e. The Morgan fingerprint density at radius 1 is 1.18 bits per heavy atom. The number of hydrogen-bond acceptors (Lipinski definition) is 5. The first-order valence-corrected chi connectivity index (χ1v) is 7.28. The van der Waals surface area contributed by atoms with Gasteiger partial charge in [-0.25, -0.2) is 4.39 Å². The lowest BCUT2D eigenvalue weighted by Crippen LogP contribution is -2.19. The highest BCUT2D eigenvalue weighted by Crippen LogP contribution is 2.33. The molecule has 2 aromatic heterocycles. The molecule has 0 unspecified atom stereocenters. The van der Waals surface area contributed by atoms with Crippen LogP contribution in [0.4, 0.5) is 10.3 Å². The molecular weight excluding hydrogens is 353 g/mol. The molecule has 0 saturated heterocycles. The Balaban J connectivity index is 1.80. The molecule has 0 bridgehead atoms. The molecule has 110 valence electrons. The van der Waals surface area contributed by atoms with Crippen molar-refractivity contribution in [3.8, 4) is 0 Å². The van der Waals surface area contributed by atoms with E-state index in [4.69, 9.17) is 4.42 Å². The van der Waals surface area contributed by atoms with Gasteiger partial charge in [-0.2, -0.15) is 4.68 Å². The van der Waals surface area contributed by atoms with Crippen LogP contribution in [-0.2, 0) is 0 Å². The van der Waals surface area contributed by atoms with Gasteiger partial charge in [0.1, 0.15) is 17.6 Å². The molecule has 0 radical (unpaired) electrons. The highest BCUT2D eigenvalue weighted by atomic mass is 79.9. The number of aromatic nitrogens is 4. The van der Waals surface area contributed by atoms with Crippen molar-refractivity contribution in [3.05, 3.63) is 64.3 Å². The van der Waals surface area contributed by atoms with Crippen LogP contribution < -0.4 is 5.32 Å². The summed E-state index contributed by atoms with van der Waals surface area (Å²) in [6.45, 7) is 0. The summed E-state index contributed by atoms with van der Waals surface area (Å²) >= 11 is 3.29. The van der Waals surface area contributed by atoms with E-state index in [2.05, 4.69) is 36.8 Å². The van der Waals surface area contributed by atoms with Crippen LogP contribution in [0, 0.1) is 5.82 Å². The van der Waals surface area contributed by atoms with Crippen LogP contribution in [0.15, 0.2) is 51.6 Å². The van der Waals surface area contributed by atoms with Gasteiger partial charge in [0.05, 0.1) is 0 Å². The normalized spacial score (nSPS) is 16.8. The summed E-state index contributed by atoms with van der Waals surface area (Å²) in [5, 5.41) is 14.7. The fourth-order valence-corrected chi connectivity index (χ4v) is 2.66. The van der Waals surface area contributed by atoms with Gasteiger partial charge in [-0.1, -0.05) is 5.10 Å². The van der Waals surface area contributed by atoms with Crippen LogP contribution >= 0.6 is 15.9 Å². The molecule has 0 fully saturated rings. The predicted molar refractivity (Wildman–Crippen MR) is 80.4 cm³/mol. The number of halogens is 2. The van der Waals surface area contributed by atoms with Crippen LogP contribution in [0.25, 0.3) is 5.70 Å². The third kappa shape index (κ3) is 2.21. The number of anilines is 1. The largest absolute Gasteiger partial charge is 0.452 e. The minimum absolute atomic E-state index is 0.280. The minimum Gasteiger partial charge on any atom is -0.452 e. The van der Waals surface area contributed by atoms with E-state index >= 15 is 0 Å². The molecule has 1 aromatic carbocycles. The third-order valence-electron chi connectivity index (χ3n) is 3.37. The van der Waals surface area contributed by atoms with Crippen molar-refractivity contribution in [1.29, 1.82) is 0 Å². The summed E-state index contributed by atoms with van der Waals surface area (Å²) in [5.74, 6) is 0.914. The van der Waals surface area contributed by atoms with E-state index in [0.717, 1.165) is 11.3 Å². The topological polar surface area (TPSA) is 68.8 Å². The molecule has 4 rings (SSSR count). The molecule has 1 atom stereocenters. The number of benzene rings is 1. The first-order valence-electron chi connectivity index (χ1n) is 6.48. The van der Waals surface area contributed by atoms with Crippen LogP contribution in [-0.4, -0.2) is 20.2 Å². The molecular formula is C14H9BrFN5O. The molecule has 3 aromatic rings. The Labute approximate surface area is 132 Å². The van der Waals surface area contributed by atoms with Gasteiger partial charge in [-0.15, -0.1) is 0 Å². The van der Waals surface area contributed by atoms with Gasteiger partial charge in [-0.3, -0.25) is 0 Å². The molecule has 3 heterocycles. The predicted octanol–water partition coefficient (Wildman–Crippen LogP) is 3.22. The van der Waals surface area contributed by atoms with Gasteiger partial charge < -0.3 is 9.73 Å². The summed E-state index contributed by atoms with van der Waals surface area (Å²) in [7, 11) is 0. The van der Waals surface area contributed by atoms with Gasteiger partial charge in [-0.05, 0) is 74.4 Å².